The van der Waals surface area contributed by atoms with Gasteiger partial charge in [-0.1, -0.05) is 0 Å². The molecule has 20 heavy (non-hydrogen) atoms. The number of nitro groups is 1. The molecule has 108 valence electrons. The van der Waals surface area contributed by atoms with E-state index in [4.69, 9.17) is 0 Å². The second-order valence-corrected chi connectivity index (χ2v) is 5.69. The maximum Gasteiger partial charge on any atom is 0.269 e. The fourth-order valence-corrected chi connectivity index (χ4v) is 2.13. The molecule has 0 saturated heterocycles. The summed E-state index contributed by atoms with van der Waals surface area (Å²) in [7, 11) is 0. The molecule has 1 aliphatic carbocycles. The largest absolute Gasteiger partial charge is 0.293 e. The van der Waals surface area contributed by atoms with Crippen molar-refractivity contribution in [1.29, 1.82) is 0 Å². The zero-order valence-electron chi connectivity index (χ0n) is 11.9. The Bertz CT molecular complexity index is 492. The molecule has 1 aromatic rings. The molecule has 2 rings (SSSR count). The lowest BCUT2D eigenvalue weighted by Crippen LogP contribution is -2.37. The van der Waals surface area contributed by atoms with Crippen LogP contribution in [0.4, 0.5) is 5.69 Å². The molecule has 0 N–H and O–H groups in total. The Morgan fingerprint density at radius 3 is 2.40 bits per heavy atom. The summed E-state index contributed by atoms with van der Waals surface area (Å²) >= 11 is 0. The highest BCUT2D eigenvalue weighted by atomic mass is 16.6. The minimum absolute atomic E-state index is 0.0141. The second-order valence-electron chi connectivity index (χ2n) is 5.69. The lowest BCUT2D eigenvalue weighted by atomic mass is 10.1. The molecule has 1 aliphatic rings. The van der Waals surface area contributed by atoms with E-state index >= 15 is 0 Å². The summed E-state index contributed by atoms with van der Waals surface area (Å²) in [5.41, 5.74) is 0.553. The van der Waals surface area contributed by atoms with Crippen molar-refractivity contribution in [3.05, 3.63) is 39.9 Å². The highest BCUT2D eigenvalue weighted by molar-refractivity contribution is 5.97. The number of Topliss-reactive ketones (excluding diaryl/α,β-unsaturated/α-hetero) is 1. The highest BCUT2D eigenvalue weighted by Gasteiger charge is 2.26. The van der Waals surface area contributed by atoms with E-state index in [-0.39, 0.29) is 11.5 Å². The standard InChI is InChI=1S/C15H20N2O3/c1-11(2)16(9-12-3-4-12)10-15(18)13-5-7-14(8-6-13)17(19)20/h5-8,11-12H,3-4,9-10H2,1-2H3. The highest BCUT2D eigenvalue weighted by Crippen LogP contribution is 2.30. The molecule has 0 atom stereocenters. The summed E-state index contributed by atoms with van der Waals surface area (Å²) < 4.78 is 0. The van der Waals surface area contributed by atoms with Gasteiger partial charge in [-0.2, -0.15) is 0 Å². The molecule has 0 bridgehead atoms. The van der Waals surface area contributed by atoms with Gasteiger partial charge in [0.05, 0.1) is 11.5 Å². The average molecular weight is 276 g/mol. The second kappa shape index (κ2) is 6.13. The predicted octanol–water partition coefficient (Wildman–Crippen LogP) is 2.90. The zero-order valence-corrected chi connectivity index (χ0v) is 11.9. The third-order valence-electron chi connectivity index (χ3n) is 3.67. The Kier molecular flexibility index (Phi) is 4.49. The number of benzene rings is 1. The number of non-ortho nitro benzene ring substituents is 1. The van der Waals surface area contributed by atoms with Gasteiger partial charge in [0.15, 0.2) is 5.78 Å². The van der Waals surface area contributed by atoms with Gasteiger partial charge in [0.1, 0.15) is 0 Å². The van der Waals surface area contributed by atoms with Crippen molar-refractivity contribution in [1.82, 2.24) is 4.90 Å². The molecule has 0 spiro atoms. The zero-order chi connectivity index (χ0) is 14.7. The molecule has 0 heterocycles. The number of hydrogen-bond acceptors (Lipinski definition) is 4. The quantitative estimate of drug-likeness (QED) is 0.436. The maximum absolute atomic E-state index is 12.2. The normalized spacial score (nSPS) is 14.8. The third-order valence-corrected chi connectivity index (χ3v) is 3.67. The van der Waals surface area contributed by atoms with Crippen LogP contribution in [0.15, 0.2) is 24.3 Å². The number of carbonyl (C=O) groups excluding carboxylic acids is 1. The van der Waals surface area contributed by atoms with Crippen LogP contribution in [-0.2, 0) is 0 Å². The van der Waals surface area contributed by atoms with E-state index in [1.807, 2.05) is 0 Å². The number of nitrogens with zero attached hydrogens (tertiary/aromatic N) is 2. The van der Waals surface area contributed by atoms with E-state index < -0.39 is 4.92 Å². The van der Waals surface area contributed by atoms with Gasteiger partial charge in [0.25, 0.3) is 5.69 Å². The van der Waals surface area contributed by atoms with Crippen LogP contribution in [0.2, 0.25) is 0 Å². The first-order valence-corrected chi connectivity index (χ1v) is 6.99. The lowest BCUT2D eigenvalue weighted by Gasteiger charge is -2.25. The molecule has 0 radical (unpaired) electrons. The van der Waals surface area contributed by atoms with Crippen molar-refractivity contribution in [2.45, 2.75) is 32.7 Å². The predicted molar refractivity (Wildman–Crippen MR) is 76.9 cm³/mol. The van der Waals surface area contributed by atoms with Crippen molar-refractivity contribution < 1.29 is 9.72 Å². The Balaban J connectivity index is 1.99. The van der Waals surface area contributed by atoms with Gasteiger partial charge in [-0.3, -0.25) is 19.8 Å². The molecular formula is C15H20N2O3. The topological polar surface area (TPSA) is 63.5 Å². The van der Waals surface area contributed by atoms with Crippen molar-refractivity contribution in [3.63, 3.8) is 0 Å². The minimum atomic E-state index is -0.457. The summed E-state index contributed by atoms with van der Waals surface area (Å²) in [5, 5.41) is 10.6. The number of ketones is 1. The van der Waals surface area contributed by atoms with E-state index in [1.165, 1.54) is 37.1 Å². The van der Waals surface area contributed by atoms with Crippen LogP contribution in [0.1, 0.15) is 37.0 Å². The molecule has 5 nitrogen and oxygen atoms in total. The van der Waals surface area contributed by atoms with Crippen molar-refractivity contribution >= 4 is 11.5 Å². The van der Waals surface area contributed by atoms with Crippen LogP contribution in [-0.4, -0.2) is 34.7 Å². The van der Waals surface area contributed by atoms with Gasteiger partial charge in [-0.05, 0) is 44.7 Å². The van der Waals surface area contributed by atoms with E-state index in [9.17, 15) is 14.9 Å². The van der Waals surface area contributed by atoms with Crippen LogP contribution >= 0.6 is 0 Å². The van der Waals surface area contributed by atoms with Crippen molar-refractivity contribution in [2.75, 3.05) is 13.1 Å². The molecule has 0 aromatic heterocycles. The van der Waals surface area contributed by atoms with E-state index in [0.717, 1.165) is 12.5 Å². The summed E-state index contributed by atoms with van der Waals surface area (Å²) in [4.78, 5) is 24.5. The van der Waals surface area contributed by atoms with E-state index in [2.05, 4.69) is 18.7 Å². The first-order chi connectivity index (χ1) is 9.47. The Morgan fingerprint density at radius 1 is 1.35 bits per heavy atom. The summed E-state index contributed by atoms with van der Waals surface area (Å²) in [6, 6.07) is 6.17. The van der Waals surface area contributed by atoms with Gasteiger partial charge in [0.2, 0.25) is 0 Å². The summed E-state index contributed by atoms with van der Waals surface area (Å²) in [5.74, 6) is 0.760. The molecule has 0 amide bonds. The smallest absolute Gasteiger partial charge is 0.269 e. The first-order valence-electron chi connectivity index (χ1n) is 6.99. The molecule has 1 aromatic carbocycles. The molecular weight excluding hydrogens is 256 g/mol. The van der Waals surface area contributed by atoms with Crippen molar-refractivity contribution in [3.8, 4) is 0 Å². The summed E-state index contributed by atoms with van der Waals surface area (Å²) in [6.45, 7) is 5.53. The Hall–Kier alpha value is -1.75. The van der Waals surface area contributed by atoms with Gasteiger partial charge < -0.3 is 0 Å². The van der Waals surface area contributed by atoms with E-state index in [0.29, 0.717) is 18.2 Å². The lowest BCUT2D eigenvalue weighted by molar-refractivity contribution is -0.384. The first kappa shape index (κ1) is 14.7. The van der Waals surface area contributed by atoms with Gasteiger partial charge in [-0.25, -0.2) is 0 Å². The molecule has 5 heteroatoms. The van der Waals surface area contributed by atoms with Crippen LogP contribution in [0.25, 0.3) is 0 Å². The SMILES string of the molecule is CC(C)N(CC(=O)c1ccc([N+](=O)[O-])cc1)CC1CC1. The van der Waals surface area contributed by atoms with Crippen LogP contribution in [0.3, 0.4) is 0 Å². The minimum Gasteiger partial charge on any atom is -0.293 e. The van der Waals surface area contributed by atoms with Crippen molar-refractivity contribution in [2.24, 2.45) is 5.92 Å². The maximum atomic E-state index is 12.2. The third kappa shape index (κ3) is 3.87. The number of carbonyl (C=O) groups is 1. The molecule has 1 fully saturated rings. The number of hydrogen-bond donors (Lipinski definition) is 0. The fourth-order valence-electron chi connectivity index (χ4n) is 2.13. The van der Waals surface area contributed by atoms with Crippen LogP contribution in [0, 0.1) is 16.0 Å². The van der Waals surface area contributed by atoms with Crippen LogP contribution < -0.4 is 0 Å². The summed E-state index contributed by atoms with van der Waals surface area (Å²) in [6.07, 6.45) is 2.52. The van der Waals surface area contributed by atoms with E-state index in [1.54, 1.807) is 0 Å². The molecule has 0 aliphatic heterocycles. The molecule has 1 saturated carbocycles. The number of nitro benzene ring substituents is 1. The Labute approximate surface area is 118 Å². The Morgan fingerprint density at radius 2 is 1.95 bits per heavy atom. The van der Waals surface area contributed by atoms with Gasteiger partial charge in [-0.15, -0.1) is 0 Å². The van der Waals surface area contributed by atoms with Gasteiger partial charge in [0, 0.05) is 30.3 Å². The van der Waals surface area contributed by atoms with Gasteiger partial charge >= 0.3 is 0 Å². The number of rotatable bonds is 7. The monoisotopic (exact) mass is 276 g/mol. The molecule has 0 unspecified atom stereocenters. The fraction of sp³-hybridized carbons (Fsp3) is 0.533. The van der Waals surface area contributed by atoms with Crippen LogP contribution in [0.5, 0.6) is 0 Å². The average Bonchev–Trinajstić information content (AvgIpc) is 3.21.